The number of likely N-dealkylation sites (tertiary alicyclic amines) is 1. The summed E-state index contributed by atoms with van der Waals surface area (Å²) in [6.45, 7) is 4.26. The molecule has 2 aromatic carbocycles. The summed E-state index contributed by atoms with van der Waals surface area (Å²) in [7, 11) is 3.15. The van der Waals surface area contributed by atoms with Crippen LogP contribution in [-0.4, -0.2) is 60.9 Å². The van der Waals surface area contributed by atoms with Gasteiger partial charge in [-0.3, -0.25) is 15.0 Å². The molecule has 1 saturated heterocycles. The Morgan fingerprint density at radius 1 is 1.15 bits per heavy atom. The Bertz CT molecular complexity index is 1090. The molecule has 2 heterocycles. The summed E-state index contributed by atoms with van der Waals surface area (Å²) in [5, 5.41) is 12.0. The first-order chi connectivity index (χ1) is 16.0. The maximum Gasteiger partial charge on any atom is 0.213 e. The lowest BCUT2D eigenvalue weighted by molar-refractivity contribution is 0.0739. The van der Waals surface area contributed by atoms with Gasteiger partial charge in [-0.2, -0.15) is 5.26 Å². The van der Waals surface area contributed by atoms with Gasteiger partial charge in [0.15, 0.2) is 23.5 Å². The Morgan fingerprint density at radius 3 is 2.58 bits per heavy atom. The molecule has 2 aromatic rings. The molecule has 0 aliphatic carbocycles. The van der Waals surface area contributed by atoms with Crippen LogP contribution in [0.25, 0.3) is 0 Å². The number of fused-ring (bicyclic) bond motifs is 1. The van der Waals surface area contributed by atoms with E-state index in [1.165, 1.54) is 0 Å². The van der Waals surface area contributed by atoms with Gasteiger partial charge < -0.3 is 14.4 Å². The van der Waals surface area contributed by atoms with Crippen molar-refractivity contribution >= 4 is 17.4 Å². The number of nitrogens with one attached hydrogen (secondary N) is 1. The molecule has 0 saturated carbocycles. The van der Waals surface area contributed by atoms with Crippen LogP contribution in [0.3, 0.4) is 0 Å². The summed E-state index contributed by atoms with van der Waals surface area (Å²) >= 11 is 0. The van der Waals surface area contributed by atoms with Crippen LogP contribution in [0.4, 0.5) is 5.69 Å². The van der Waals surface area contributed by atoms with Crippen molar-refractivity contribution < 1.29 is 14.3 Å². The number of Topliss-reactive ketones (excluding diaryl/α,β-unsaturated/α-hetero) is 1. The number of guanidine groups is 1. The highest BCUT2D eigenvalue weighted by Crippen LogP contribution is 2.31. The van der Waals surface area contributed by atoms with Gasteiger partial charge in [0.05, 0.1) is 25.9 Å². The number of carbonyl (C=O) groups is 1. The number of piperidine rings is 1. The number of aliphatic imine (C=N–C) groups is 1. The molecule has 1 unspecified atom stereocenters. The molecule has 1 atom stereocenters. The predicted molar refractivity (Wildman–Crippen MR) is 126 cm³/mol. The molecular formula is C25H29N5O3. The van der Waals surface area contributed by atoms with Gasteiger partial charge in [0, 0.05) is 31.2 Å². The zero-order valence-corrected chi connectivity index (χ0v) is 19.2. The first-order valence-corrected chi connectivity index (χ1v) is 11.1. The molecule has 1 fully saturated rings. The van der Waals surface area contributed by atoms with E-state index in [9.17, 15) is 10.1 Å². The average molecular weight is 448 g/mol. The number of benzene rings is 2. The molecule has 172 valence electrons. The number of ketones is 1. The molecule has 2 aliphatic heterocycles. The Kier molecular flexibility index (Phi) is 6.80. The van der Waals surface area contributed by atoms with E-state index in [1.807, 2.05) is 31.3 Å². The first kappa shape index (κ1) is 22.6. The van der Waals surface area contributed by atoms with Crippen molar-refractivity contribution in [2.75, 3.05) is 27.3 Å². The summed E-state index contributed by atoms with van der Waals surface area (Å²) in [4.78, 5) is 22.2. The fourth-order valence-corrected chi connectivity index (χ4v) is 4.62. The van der Waals surface area contributed by atoms with Crippen LogP contribution < -0.4 is 14.8 Å². The third kappa shape index (κ3) is 4.64. The number of para-hydroxylation sites is 1. The van der Waals surface area contributed by atoms with Crippen molar-refractivity contribution in [2.45, 2.75) is 38.4 Å². The van der Waals surface area contributed by atoms with Gasteiger partial charge in [-0.25, -0.2) is 4.99 Å². The number of nitriles is 1. The fourth-order valence-electron chi connectivity index (χ4n) is 4.62. The quantitative estimate of drug-likeness (QED) is 0.413. The normalized spacial score (nSPS) is 17.4. The zero-order chi connectivity index (χ0) is 23.4. The lowest BCUT2D eigenvalue weighted by atomic mass is 9.97. The van der Waals surface area contributed by atoms with Gasteiger partial charge in [0.25, 0.3) is 0 Å². The standard InChI is InChI=1S/C25H29N5O3/c1-17(24(31)18-8-9-22(32-2)23(14-18)33-3)29-12-10-20(11-13-29)30-15-19-6-4-5-7-21(19)28-25(30)27-16-26/h4-9,14,17,20H,10-13,15H2,1-3H3,(H,27,28). The fraction of sp³-hybridized carbons (Fsp3) is 0.400. The van der Waals surface area contributed by atoms with Crippen molar-refractivity contribution in [3.8, 4) is 17.7 Å². The predicted octanol–water partition coefficient (Wildman–Crippen LogP) is 3.31. The molecule has 4 rings (SSSR count). The summed E-state index contributed by atoms with van der Waals surface area (Å²) in [5.74, 6) is 1.82. The molecule has 0 spiro atoms. The van der Waals surface area contributed by atoms with E-state index in [0.29, 0.717) is 29.6 Å². The molecule has 8 heteroatoms. The second-order valence-corrected chi connectivity index (χ2v) is 8.31. The van der Waals surface area contributed by atoms with Crippen LogP contribution in [-0.2, 0) is 6.54 Å². The highest BCUT2D eigenvalue weighted by Gasteiger charge is 2.33. The minimum atomic E-state index is -0.239. The lowest BCUT2D eigenvalue weighted by Crippen LogP contribution is -2.53. The molecule has 0 bridgehead atoms. The molecule has 0 aromatic heterocycles. The lowest BCUT2D eigenvalue weighted by Gasteiger charge is -2.42. The van der Waals surface area contributed by atoms with Crippen molar-refractivity contribution in [1.29, 1.82) is 5.26 Å². The van der Waals surface area contributed by atoms with E-state index in [1.54, 1.807) is 32.4 Å². The molecule has 1 N–H and O–H groups in total. The number of nitrogens with zero attached hydrogens (tertiary/aromatic N) is 4. The van der Waals surface area contributed by atoms with Crippen LogP contribution in [0.15, 0.2) is 47.5 Å². The van der Waals surface area contributed by atoms with E-state index >= 15 is 0 Å². The third-order valence-electron chi connectivity index (χ3n) is 6.53. The largest absolute Gasteiger partial charge is 0.493 e. The highest BCUT2D eigenvalue weighted by molar-refractivity contribution is 6.00. The minimum Gasteiger partial charge on any atom is -0.493 e. The molecule has 33 heavy (non-hydrogen) atoms. The summed E-state index contributed by atoms with van der Waals surface area (Å²) < 4.78 is 10.6. The number of hydrogen-bond acceptors (Lipinski definition) is 8. The topological polar surface area (TPSA) is 90.2 Å². The Hall–Kier alpha value is -3.57. The Morgan fingerprint density at radius 2 is 1.88 bits per heavy atom. The van der Waals surface area contributed by atoms with Gasteiger partial charge in [0.2, 0.25) is 5.96 Å². The highest BCUT2D eigenvalue weighted by atomic mass is 16.5. The second-order valence-electron chi connectivity index (χ2n) is 8.31. The maximum atomic E-state index is 13.2. The van der Waals surface area contributed by atoms with Gasteiger partial charge in [-0.05, 0) is 49.6 Å². The number of methoxy groups -OCH3 is 2. The monoisotopic (exact) mass is 447 g/mol. The SMILES string of the molecule is COc1ccc(C(=O)C(C)N2CCC(N3Cc4ccccc4N=C3NC#N)CC2)cc1OC. The number of hydrogen-bond donors (Lipinski definition) is 1. The molecule has 2 aliphatic rings. The van der Waals surface area contributed by atoms with Crippen LogP contribution in [0.1, 0.15) is 35.7 Å². The molecule has 8 nitrogen and oxygen atoms in total. The minimum absolute atomic E-state index is 0.0645. The van der Waals surface area contributed by atoms with E-state index in [2.05, 4.69) is 26.2 Å². The Labute approximate surface area is 194 Å². The third-order valence-corrected chi connectivity index (χ3v) is 6.53. The van der Waals surface area contributed by atoms with Crippen LogP contribution in [0.5, 0.6) is 11.5 Å². The molecule has 0 amide bonds. The molecular weight excluding hydrogens is 418 g/mol. The van der Waals surface area contributed by atoms with Crippen molar-refractivity contribution in [3.05, 3.63) is 53.6 Å². The van der Waals surface area contributed by atoms with Crippen molar-refractivity contribution in [2.24, 2.45) is 4.99 Å². The van der Waals surface area contributed by atoms with Crippen molar-refractivity contribution in [3.63, 3.8) is 0 Å². The summed E-state index contributed by atoms with van der Waals surface area (Å²) in [5.41, 5.74) is 2.67. The number of rotatable bonds is 6. The van der Waals surface area contributed by atoms with E-state index in [0.717, 1.165) is 37.2 Å². The smallest absolute Gasteiger partial charge is 0.213 e. The van der Waals surface area contributed by atoms with Crippen molar-refractivity contribution in [1.82, 2.24) is 15.1 Å². The van der Waals surface area contributed by atoms with E-state index in [4.69, 9.17) is 9.47 Å². The first-order valence-electron chi connectivity index (χ1n) is 11.1. The summed E-state index contributed by atoms with van der Waals surface area (Å²) in [6.07, 6.45) is 3.79. The summed E-state index contributed by atoms with van der Waals surface area (Å²) in [6, 6.07) is 13.3. The Balaban J connectivity index is 1.42. The van der Waals surface area contributed by atoms with Gasteiger partial charge in [0.1, 0.15) is 0 Å². The number of carbonyl (C=O) groups excluding carboxylic acids is 1. The average Bonchev–Trinajstić information content (AvgIpc) is 2.87. The van der Waals surface area contributed by atoms with Gasteiger partial charge >= 0.3 is 0 Å². The van der Waals surface area contributed by atoms with Crippen LogP contribution in [0, 0.1) is 11.5 Å². The second kappa shape index (κ2) is 9.92. The van der Waals surface area contributed by atoms with Gasteiger partial charge in [-0.1, -0.05) is 18.2 Å². The van der Waals surface area contributed by atoms with Crippen LogP contribution >= 0.6 is 0 Å². The molecule has 0 radical (unpaired) electrons. The van der Waals surface area contributed by atoms with E-state index in [-0.39, 0.29) is 17.9 Å². The zero-order valence-electron chi connectivity index (χ0n) is 19.2. The maximum absolute atomic E-state index is 13.2. The number of ether oxygens (including phenoxy) is 2. The van der Waals surface area contributed by atoms with Gasteiger partial charge in [-0.15, -0.1) is 0 Å². The van der Waals surface area contributed by atoms with Crippen LogP contribution in [0.2, 0.25) is 0 Å². The van der Waals surface area contributed by atoms with E-state index < -0.39 is 0 Å².